The smallest absolute Gasteiger partial charge is 0.0894 e. The molecule has 1 nitrogen and oxygen atoms in total. The molecule has 0 aliphatic carbocycles. The molecule has 20 heavy (non-hydrogen) atoms. The molecule has 2 unspecified atom stereocenters. The molecule has 1 aliphatic heterocycles. The van der Waals surface area contributed by atoms with Gasteiger partial charge < -0.3 is 4.74 Å². The molecule has 0 amide bonds. The van der Waals surface area contributed by atoms with Crippen LogP contribution in [0.4, 0.5) is 13.2 Å². The van der Waals surface area contributed by atoms with Gasteiger partial charge in [-0.05, 0) is 63.2 Å². The Labute approximate surface area is 124 Å². The van der Waals surface area contributed by atoms with Gasteiger partial charge >= 0.3 is 0 Å². The van der Waals surface area contributed by atoms with Crippen LogP contribution >= 0.6 is 0 Å². The quantitative estimate of drug-likeness (QED) is 0.594. The zero-order valence-corrected chi connectivity index (χ0v) is 14.9. The van der Waals surface area contributed by atoms with Gasteiger partial charge in [0, 0.05) is 16.8 Å². The first-order valence-corrected chi connectivity index (χ1v) is 8.83. The lowest BCUT2D eigenvalue weighted by Crippen LogP contribution is -2.54. The third-order valence-corrected chi connectivity index (χ3v) is 6.31. The summed E-state index contributed by atoms with van der Waals surface area (Å²) in [7, 11) is 0.856. The Morgan fingerprint density at radius 3 is 2.10 bits per heavy atom. The van der Waals surface area contributed by atoms with Gasteiger partial charge in [-0.25, -0.2) is 0 Å². The maximum atomic E-state index is 12.6. The molecule has 1 heterocycles. The molecule has 1 saturated heterocycles. The van der Waals surface area contributed by atoms with E-state index in [1.165, 1.54) is 0 Å². The summed E-state index contributed by atoms with van der Waals surface area (Å²) >= 11 is 0. The van der Waals surface area contributed by atoms with Crippen molar-refractivity contribution < 1.29 is 17.9 Å². The highest BCUT2D eigenvalue weighted by Gasteiger charge is 2.48. The van der Waals surface area contributed by atoms with Crippen LogP contribution in [0.25, 0.3) is 0 Å². The van der Waals surface area contributed by atoms with Gasteiger partial charge in [0.25, 0.3) is 0 Å². The van der Waals surface area contributed by atoms with E-state index in [0.717, 1.165) is 35.9 Å². The molecule has 0 spiro atoms. The largest absolute Gasteiger partial charge is 0.379 e. The van der Waals surface area contributed by atoms with E-state index in [9.17, 15) is 13.2 Å². The number of hydrogen-bond donors (Lipinski definition) is 0. The predicted molar refractivity (Wildman–Crippen MR) is 80.5 cm³/mol. The monoisotopic (exact) mass is 310 g/mol. The second-order valence-corrected chi connectivity index (χ2v) is 8.50. The SMILES string of the molecule is CC1([SiH3])OCC(CCCF)CC1(CCCF)CCCF. The summed E-state index contributed by atoms with van der Waals surface area (Å²) in [6, 6.07) is 0. The summed E-state index contributed by atoms with van der Waals surface area (Å²) in [5, 5.41) is -0.219. The van der Waals surface area contributed by atoms with Crippen LogP contribution in [0.3, 0.4) is 0 Å². The summed E-state index contributed by atoms with van der Waals surface area (Å²) < 4.78 is 43.7. The van der Waals surface area contributed by atoms with Gasteiger partial charge in [0.05, 0.1) is 25.2 Å². The van der Waals surface area contributed by atoms with E-state index < -0.39 is 0 Å². The highest BCUT2D eigenvalue weighted by atomic mass is 28.1. The molecule has 120 valence electrons. The molecule has 0 saturated carbocycles. The standard InChI is InChI=1S/C15H29F3OSi/c1-14(20)15(6-3-9-17,7-4-10-18)11-13(12-19-14)5-2-8-16/h13H,2-12H2,1,20H3. The number of alkyl halides is 3. The second kappa shape index (κ2) is 8.42. The topological polar surface area (TPSA) is 9.23 Å². The minimum atomic E-state index is -0.329. The maximum Gasteiger partial charge on any atom is 0.0894 e. The van der Waals surface area contributed by atoms with E-state index in [2.05, 4.69) is 6.92 Å². The van der Waals surface area contributed by atoms with Crippen molar-refractivity contribution in [2.45, 2.75) is 57.1 Å². The molecule has 0 aromatic carbocycles. The van der Waals surface area contributed by atoms with E-state index >= 15 is 0 Å². The van der Waals surface area contributed by atoms with Crippen LogP contribution < -0.4 is 0 Å². The first-order valence-electron chi connectivity index (χ1n) is 7.83. The number of ether oxygens (including phenoxy) is 1. The molecular weight excluding hydrogens is 281 g/mol. The van der Waals surface area contributed by atoms with Gasteiger partial charge in [0.1, 0.15) is 0 Å². The van der Waals surface area contributed by atoms with Crippen molar-refractivity contribution >= 4 is 10.2 Å². The van der Waals surface area contributed by atoms with Gasteiger partial charge in [-0.1, -0.05) is 0 Å². The molecule has 0 bridgehead atoms. The molecule has 1 aliphatic rings. The van der Waals surface area contributed by atoms with E-state index in [4.69, 9.17) is 4.74 Å². The summed E-state index contributed by atoms with van der Waals surface area (Å²) in [6.45, 7) is 1.82. The summed E-state index contributed by atoms with van der Waals surface area (Å²) in [4.78, 5) is 0. The molecule has 0 radical (unpaired) electrons. The van der Waals surface area contributed by atoms with Crippen molar-refractivity contribution in [3.8, 4) is 0 Å². The van der Waals surface area contributed by atoms with Crippen molar-refractivity contribution in [1.82, 2.24) is 0 Å². The summed E-state index contributed by atoms with van der Waals surface area (Å²) in [5.74, 6) is 0.340. The fourth-order valence-electron chi connectivity index (χ4n) is 3.63. The third kappa shape index (κ3) is 4.48. The lowest BCUT2D eigenvalue weighted by atomic mass is 9.66. The lowest BCUT2D eigenvalue weighted by Gasteiger charge is -2.53. The van der Waals surface area contributed by atoms with Gasteiger partial charge in [-0.15, -0.1) is 0 Å². The fraction of sp³-hybridized carbons (Fsp3) is 1.00. The maximum absolute atomic E-state index is 12.6. The van der Waals surface area contributed by atoms with E-state index in [-0.39, 0.29) is 30.7 Å². The number of halogens is 3. The van der Waals surface area contributed by atoms with Gasteiger partial charge in [0.2, 0.25) is 0 Å². The predicted octanol–water partition coefficient (Wildman–Crippen LogP) is 3.34. The average molecular weight is 310 g/mol. The lowest BCUT2D eigenvalue weighted by molar-refractivity contribution is -0.141. The Hall–Kier alpha value is -0.0331. The molecule has 0 N–H and O–H groups in total. The third-order valence-electron chi connectivity index (χ3n) is 4.96. The Kier molecular flexibility index (Phi) is 7.58. The van der Waals surface area contributed by atoms with Crippen LogP contribution in [-0.4, -0.2) is 42.1 Å². The summed E-state index contributed by atoms with van der Waals surface area (Å²) in [5.41, 5.74) is -0.114. The van der Waals surface area contributed by atoms with E-state index in [1.807, 2.05) is 0 Å². The Bertz CT molecular complexity index is 266. The zero-order chi connectivity index (χ0) is 15.1. The van der Waals surface area contributed by atoms with Crippen LogP contribution in [0.1, 0.15) is 51.9 Å². The molecule has 0 aromatic rings. The van der Waals surface area contributed by atoms with Crippen LogP contribution in [0.5, 0.6) is 0 Å². The first kappa shape index (κ1) is 18.0. The van der Waals surface area contributed by atoms with Crippen LogP contribution in [0.2, 0.25) is 0 Å². The minimum Gasteiger partial charge on any atom is -0.379 e. The van der Waals surface area contributed by atoms with Crippen molar-refractivity contribution in [2.24, 2.45) is 11.3 Å². The van der Waals surface area contributed by atoms with Gasteiger partial charge in [-0.2, -0.15) is 0 Å². The molecule has 2 atom stereocenters. The normalized spacial score (nSPS) is 29.7. The molecule has 0 aromatic heterocycles. The van der Waals surface area contributed by atoms with Crippen molar-refractivity contribution in [2.75, 3.05) is 26.6 Å². The number of hydrogen-bond acceptors (Lipinski definition) is 1. The Balaban J connectivity index is 2.80. The second-order valence-electron chi connectivity index (χ2n) is 6.59. The van der Waals surface area contributed by atoms with Crippen LogP contribution in [0.15, 0.2) is 0 Å². The molecule has 1 rings (SSSR count). The average Bonchev–Trinajstić information content (AvgIpc) is 2.43. The first-order chi connectivity index (χ1) is 9.51. The molecule has 1 fully saturated rings. The van der Waals surface area contributed by atoms with Gasteiger partial charge in [-0.3, -0.25) is 13.2 Å². The highest BCUT2D eigenvalue weighted by molar-refractivity contribution is 6.14. The Morgan fingerprint density at radius 2 is 1.60 bits per heavy atom. The van der Waals surface area contributed by atoms with Crippen molar-refractivity contribution in [1.29, 1.82) is 0 Å². The van der Waals surface area contributed by atoms with Gasteiger partial charge in [0.15, 0.2) is 0 Å². The molecule has 5 heteroatoms. The van der Waals surface area contributed by atoms with Crippen molar-refractivity contribution in [3.05, 3.63) is 0 Å². The molecular formula is C15H29F3OSi. The van der Waals surface area contributed by atoms with Crippen LogP contribution in [0, 0.1) is 11.3 Å². The highest BCUT2D eigenvalue weighted by Crippen LogP contribution is 2.50. The number of rotatable bonds is 9. The van der Waals surface area contributed by atoms with E-state index in [1.54, 1.807) is 0 Å². The van der Waals surface area contributed by atoms with E-state index in [0.29, 0.717) is 31.8 Å². The Morgan fingerprint density at radius 1 is 1.05 bits per heavy atom. The van der Waals surface area contributed by atoms with Crippen LogP contribution in [-0.2, 0) is 4.74 Å². The minimum absolute atomic E-state index is 0.114. The van der Waals surface area contributed by atoms with Crippen molar-refractivity contribution in [3.63, 3.8) is 0 Å². The fourth-order valence-corrected chi connectivity index (χ4v) is 4.50. The summed E-state index contributed by atoms with van der Waals surface area (Å²) in [6.07, 6.45) is 4.88. The zero-order valence-electron chi connectivity index (χ0n) is 12.9.